The number of carbonyl (C=O) groups is 1. The normalized spacial score (nSPS) is 10.6. The molecule has 0 atom stereocenters. The summed E-state index contributed by atoms with van der Waals surface area (Å²) in [7, 11) is 1.50. The van der Waals surface area contributed by atoms with Gasteiger partial charge in [0.1, 0.15) is 17.9 Å². The first-order valence-electron chi connectivity index (χ1n) is 10.3. The molecule has 0 aliphatic heterocycles. The monoisotopic (exact) mass is 481 g/mol. The molecule has 0 amide bonds. The number of H-pyrrole nitrogens is 1. The van der Waals surface area contributed by atoms with Gasteiger partial charge in [-0.15, -0.1) is 22.6 Å². The van der Waals surface area contributed by atoms with Crippen LogP contribution in [0.15, 0.2) is 48.5 Å². The van der Waals surface area contributed by atoms with Gasteiger partial charge in [0.25, 0.3) is 0 Å². The molecule has 176 valence electrons. The number of nitrogens with zero attached hydrogens (tertiary/aromatic N) is 4. The summed E-state index contributed by atoms with van der Waals surface area (Å²) in [5, 5.41) is 24.0. The standard InChI is InChI=1S/C24H23N5O4.ClH/c1-14-15(2)25-20(13-32-3)21(24(30)31)22(14)33-12-16-8-10-17(11-9-16)18-6-4-5-7-19(18)23-26-28-29-27-23;/h4-11H,12-13H2,1-3H3,(H,30,31)(H,26,27,28,29);1H. The molecule has 2 heterocycles. The molecule has 4 rings (SSSR count). The van der Waals surface area contributed by atoms with E-state index in [1.807, 2.05) is 55.5 Å². The Bertz CT molecular complexity index is 1280. The van der Waals surface area contributed by atoms with Crippen molar-refractivity contribution in [3.05, 3.63) is 76.6 Å². The summed E-state index contributed by atoms with van der Waals surface area (Å²) in [5.41, 5.74) is 5.51. The molecule has 0 spiro atoms. The largest absolute Gasteiger partial charge is 0.488 e. The highest BCUT2D eigenvalue weighted by molar-refractivity contribution is 5.92. The van der Waals surface area contributed by atoms with Crippen molar-refractivity contribution in [2.24, 2.45) is 0 Å². The van der Waals surface area contributed by atoms with Crippen LogP contribution in [-0.4, -0.2) is 43.8 Å². The van der Waals surface area contributed by atoms with Gasteiger partial charge in [0, 0.05) is 23.9 Å². The molecule has 0 aliphatic carbocycles. The number of benzene rings is 2. The number of aromatic nitrogens is 5. The molecule has 0 saturated heterocycles. The summed E-state index contributed by atoms with van der Waals surface area (Å²) in [6.45, 7) is 3.93. The van der Waals surface area contributed by atoms with Crippen LogP contribution in [0.2, 0.25) is 0 Å². The summed E-state index contributed by atoms with van der Waals surface area (Å²) in [5.74, 6) is -0.260. The fraction of sp³-hybridized carbons (Fsp3) is 0.208. The molecule has 0 bridgehead atoms. The maximum atomic E-state index is 11.9. The number of tetrazole rings is 1. The third kappa shape index (κ3) is 5.05. The number of aromatic carboxylic acids is 1. The van der Waals surface area contributed by atoms with Crippen LogP contribution in [0.4, 0.5) is 0 Å². The Morgan fingerprint density at radius 3 is 2.35 bits per heavy atom. The van der Waals surface area contributed by atoms with Crippen molar-refractivity contribution in [1.29, 1.82) is 0 Å². The predicted molar refractivity (Wildman–Crippen MR) is 128 cm³/mol. The number of pyridine rings is 1. The van der Waals surface area contributed by atoms with Gasteiger partial charge in [0.05, 0.1) is 12.3 Å². The van der Waals surface area contributed by atoms with E-state index in [9.17, 15) is 9.90 Å². The van der Waals surface area contributed by atoms with Crippen molar-refractivity contribution in [1.82, 2.24) is 25.6 Å². The Labute approximate surface area is 202 Å². The number of aryl methyl sites for hydroxylation is 1. The third-order valence-electron chi connectivity index (χ3n) is 5.36. The molecule has 0 saturated carbocycles. The topological polar surface area (TPSA) is 123 Å². The molecule has 2 aromatic carbocycles. The zero-order chi connectivity index (χ0) is 23.4. The second kappa shape index (κ2) is 10.9. The van der Waals surface area contributed by atoms with E-state index in [1.165, 1.54) is 7.11 Å². The molecule has 2 aromatic heterocycles. The van der Waals surface area contributed by atoms with E-state index in [2.05, 4.69) is 25.6 Å². The molecule has 34 heavy (non-hydrogen) atoms. The molecule has 2 N–H and O–H groups in total. The zero-order valence-electron chi connectivity index (χ0n) is 18.9. The molecule has 0 unspecified atom stereocenters. The Morgan fingerprint density at radius 1 is 1.03 bits per heavy atom. The Morgan fingerprint density at radius 2 is 1.74 bits per heavy atom. The number of hydrogen-bond acceptors (Lipinski definition) is 7. The van der Waals surface area contributed by atoms with E-state index in [-0.39, 0.29) is 31.2 Å². The van der Waals surface area contributed by atoms with Gasteiger partial charge in [0.2, 0.25) is 5.82 Å². The van der Waals surface area contributed by atoms with Gasteiger partial charge >= 0.3 is 5.97 Å². The Balaban J connectivity index is 0.00000324. The van der Waals surface area contributed by atoms with E-state index in [4.69, 9.17) is 9.47 Å². The van der Waals surface area contributed by atoms with Gasteiger partial charge in [-0.3, -0.25) is 4.98 Å². The highest BCUT2D eigenvalue weighted by Gasteiger charge is 2.22. The van der Waals surface area contributed by atoms with Gasteiger partial charge in [-0.1, -0.05) is 48.5 Å². The predicted octanol–water partition coefficient (Wildman–Crippen LogP) is 4.39. The fourth-order valence-electron chi connectivity index (χ4n) is 3.61. The first-order chi connectivity index (χ1) is 16.0. The molecular weight excluding hydrogens is 458 g/mol. The van der Waals surface area contributed by atoms with Gasteiger partial charge in [0.15, 0.2) is 0 Å². The van der Waals surface area contributed by atoms with E-state index in [1.54, 1.807) is 6.92 Å². The number of carboxylic acids is 1. The van der Waals surface area contributed by atoms with E-state index in [0.29, 0.717) is 28.5 Å². The molecule has 0 radical (unpaired) electrons. The van der Waals surface area contributed by atoms with E-state index >= 15 is 0 Å². The number of nitrogens with one attached hydrogen (secondary N) is 1. The second-order valence-electron chi connectivity index (χ2n) is 7.48. The quantitative estimate of drug-likeness (QED) is 0.379. The van der Waals surface area contributed by atoms with Gasteiger partial charge in [-0.05, 0) is 35.8 Å². The first kappa shape index (κ1) is 24.8. The Hall–Kier alpha value is -3.82. The highest BCUT2D eigenvalue weighted by Crippen LogP contribution is 2.31. The maximum Gasteiger partial charge on any atom is 0.341 e. The lowest BCUT2D eigenvalue weighted by atomic mass is 9.98. The minimum absolute atomic E-state index is 0. The minimum atomic E-state index is -1.10. The van der Waals surface area contributed by atoms with Crippen molar-refractivity contribution in [2.75, 3.05) is 7.11 Å². The van der Waals surface area contributed by atoms with Crippen LogP contribution >= 0.6 is 12.4 Å². The van der Waals surface area contributed by atoms with Crippen molar-refractivity contribution in [3.8, 4) is 28.3 Å². The van der Waals surface area contributed by atoms with Gasteiger partial charge < -0.3 is 14.6 Å². The summed E-state index contributed by atoms with van der Waals surface area (Å²) in [4.78, 5) is 16.3. The third-order valence-corrected chi connectivity index (χ3v) is 5.36. The lowest BCUT2D eigenvalue weighted by Gasteiger charge is -2.17. The van der Waals surface area contributed by atoms with Crippen LogP contribution in [0.3, 0.4) is 0 Å². The van der Waals surface area contributed by atoms with E-state index in [0.717, 1.165) is 22.3 Å². The number of rotatable bonds is 8. The number of ether oxygens (including phenoxy) is 2. The molecule has 9 nitrogen and oxygen atoms in total. The lowest BCUT2D eigenvalue weighted by molar-refractivity contribution is 0.0684. The lowest BCUT2D eigenvalue weighted by Crippen LogP contribution is -2.13. The molecule has 0 fully saturated rings. The molecule has 0 aliphatic rings. The van der Waals surface area contributed by atoms with Gasteiger partial charge in [-0.25, -0.2) is 4.79 Å². The first-order valence-corrected chi connectivity index (χ1v) is 10.3. The zero-order valence-corrected chi connectivity index (χ0v) is 19.7. The minimum Gasteiger partial charge on any atom is -0.488 e. The summed E-state index contributed by atoms with van der Waals surface area (Å²) in [6.07, 6.45) is 0. The van der Waals surface area contributed by atoms with Crippen LogP contribution in [0.5, 0.6) is 5.75 Å². The van der Waals surface area contributed by atoms with Crippen LogP contribution in [0, 0.1) is 13.8 Å². The average molecular weight is 482 g/mol. The Kier molecular flexibility index (Phi) is 7.93. The van der Waals surface area contributed by atoms with Crippen LogP contribution < -0.4 is 4.74 Å². The van der Waals surface area contributed by atoms with Crippen molar-refractivity contribution < 1.29 is 19.4 Å². The molecular formula is C24H24ClN5O4. The summed E-state index contributed by atoms with van der Waals surface area (Å²) < 4.78 is 11.1. The average Bonchev–Trinajstić information content (AvgIpc) is 3.35. The second-order valence-corrected chi connectivity index (χ2v) is 7.48. The highest BCUT2D eigenvalue weighted by atomic mass is 35.5. The summed E-state index contributed by atoms with van der Waals surface area (Å²) >= 11 is 0. The molecule has 10 heteroatoms. The fourth-order valence-corrected chi connectivity index (χ4v) is 3.61. The summed E-state index contributed by atoms with van der Waals surface area (Å²) in [6, 6.07) is 15.7. The SMILES string of the molecule is COCc1nc(C)c(C)c(OCc2ccc(-c3ccccc3-c3nn[nH]n3)cc2)c1C(=O)O.Cl. The smallest absolute Gasteiger partial charge is 0.341 e. The van der Waals surface area contributed by atoms with Crippen molar-refractivity contribution >= 4 is 18.4 Å². The van der Waals surface area contributed by atoms with Crippen LogP contribution in [-0.2, 0) is 18.0 Å². The van der Waals surface area contributed by atoms with Gasteiger partial charge in [-0.2, -0.15) is 5.21 Å². The van der Waals surface area contributed by atoms with E-state index < -0.39 is 5.97 Å². The number of aromatic amines is 1. The van der Waals surface area contributed by atoms with Crippen LogP contribution in [0.1, 0.15) is 32.9 Å². The van der Waals surface area contributed by atoms with Crippen molar-refractivity contribution in [3.63, 3.8) is 0 Å². The number of hydrogen-bond donors (Lipinski definition) is 2. The number of carboxylic acid groups (broad SMARTS) is 1. The molecule has 4 aromatic rings. The maximum absolute atomic E-state index is 11.9. The number of methoxy groups -OCH3 is 1. The number of halogens is 1. The van der Waals surface area contributed by atoms with Crippen molar-refractivity contribution in [2.45, 2.75) is 27.1 Å². The van der Waals surface area contributed by atoms with Crippen LogP contribution in [0.25, 0.3) is 22.5 Å².